The largest absolute Gasteiger partial charge is 0.497 e. The Kier molecular flexibility index (Phi) is 3.65. The van der Waals surface area contributed by atoms with Crippen molar-refractivity contribution in [3.8, 4) is 5.75 Å². The molecular formula is C12H16FNO2. The minimum Gasteiger partial charge on any atom is -0.497 e. The molecular weight excluding hydrogens is 209 g/mol. The van der Waals surface area contributed by atoms with E-state index in [0.29, 0.717) is 12.2 Å². The highest BCUT2D eigenvalue weighted by atomic mass is 19.1. The molecule has 0 heterocycles. The van der Waals surface area contributed by atoms with Gasteiger partial charge >= 0.3 is 0 Å². The zero-order valence-corrected chi connectivity index (χ0v) is 9.71. The van der Waals surface area contributed by atoms with Gasteiger partial charge in [0.15, 0.2) is 5.78 Å². The molecule has 0 spiro atoms. The molecule has 0 aliphatic heterocycles. The van der Waals surface area contributed by atoms with Crippen molar-refractivity contribution >= 4 is 5.78 Å². The molecule has 4 heteroatoms. The number of halogens is 1. The number of ketones is 1. The van der Waals surface area contributed by atoms with Gasteiger partial charge in [-0.15, -0.1) is 0 Å². The smallest absolute Gasteiger partial charge is 0.185 e. The first-order valence-corrected chi connectivity index (χ1v) is 5.09. The zero-order chi connectivity index (χ0) is 12.3. The molecule has 1 atom stereocenters. The Morgan fingerprint density at radius 2 is 2.19 bits per heavy atom. The summed E-state index contributed by atoms with van der Waals surface area (Å²) in [5, 5.41) is 0. The number of carbonyl (C=O) groups excluding carboxylic acids is 1. The Hall–Kier alpha value is -1.42. The van der Waals surface area contributed by atoms with Gasteiger partial charge in [-0.25, -0.2) is 4.39 Å². The van der Waals surface area contributed by atoms with E-state index in [1.54, 1.807) is 19.9 Å². The molecule has 88 valence electrons. The molecule has 0 fully saturated rings. The van der Waals surface area contributed by atoms with E-state index in [9.17, 15) is 9.18 Å². The Balaban J connectivity index is 3.10. The summed E-state index contributed by atoms with van der Waals surface area (Å²) in [5.74, 6) is -0.617. The summed E-state index contributed by atoms with van der Waals surface area (Å²) in [7, 11) is 1.44. The second-order valence-corrected chi connectivity index (χ2v) is 3.95. The average Bonchev–Trinajstić information content (AvgIpc) is 2.28. The summed E-state index contributed by atoms with van der Waals surface area (Å²) in [6.45, 7) is 3.39. The fraction of sp³-hybridized carbons (Fsp3) is 0.417. The van der Waals surface area contributed by atoms with Gasteiger partial charge in [0.25, 0.3) is 0 Å². The van der Waals surface area contributed by atoms with Crippen LogP contribution in [0.5, 0.6) is 5.75 Å². The number of Topliss-reactive ketones (excluding diaryl/α,β-unsaturated/α-hetero) is 1. The van der Waals surface area contributed by atoms with Crippen molar-refractivity contribution in [1.29, 1.82) is 0 Å². The zero-order valence-electron chi connectivity index (χ0n) is 9.71. The number of carbonyl (C=O) groups is 1. The summed E-state index contributed by atoms with van der Waals surface area (Å²) in [5.41, 5.74) is 4.76. The average molecular weight is 225 g/mol. The van der Waals surface area contributed by atoms with E-state index < -0.39 is 17.1 Å². The lowest BCUT2D eigenvalue weighted by atomic mass is 9.89. The van der Waals surface area contributed by atoms with Crippen LogP contribution in [0.1, 0.15) is 30.6 Å². The van der Waals surface area contributed by atoms with Crippen LogP contribution in [0, 0.1) is 5.82 Å². The highest BCUT2D eigenvalue weighted by molar-refractivity contribution is 6.03. The van der Waals surface area contributed by atoms with Crippen LogP contribution < -0.4 is 10.5 Å². The van der Waals surface area contributed by atoms with Gasteiger partial charge in [0.2, 0.25) is 0 Å². The topological polar surface area (TPSA) is 52.3 Å². The fourth-order valence-electron chi connectivity index (χ4n) is 1.28. The Morgan fingerprint density at radius 3 is 2.62 bits per heavy atom. The van der Waals surface area contributed by atoms with Crippen molar-refractivity contribution in [2.45, 2.75) is 25.8 Å². The third kappa shape index (κ3) is 2.39. The van der Waals surface area contributed by atoms with Crippen LogP contribution in [0.25, 0.3) is 0 Å². The number of rotatable bonds is 4. The van der Waals surface area contributed by atoms with Crippen LogP contribution in [0.4, 0.5) is 4.39 Å². The summed E-state index contributed by atoms with van der Waals surface area (Å²) in [6, 6.07) is 4.12. The summed E-state index contributed by atoms with van der Waals surface area (Å²) in [6.07, 6.45) is 0.456. The molecule has 0 saturated heterocycles. The monoisotopic (exact) mass is 225 g/mol. The maximum Gasteiger partial charge on any atom is 0.185 e. The number of methoxy groups -OCH3 is 1. The second kappa shape index (κ2) is 4.61. The molecule has 1 unspecified atom stereocenters. The van der Waals surface area contributed by atoms with Gasteiger partial charge in [0.1, 0.15) is 11.6 Å². The van der Waals surface area contributed by atoms with E-state index in [4.69, 9.17) is 10.5 Å². The van der Waals surface area contributed by atoms with Crippen LogP contribution in [-0.4, -0.2) is 18.4 Å². The van der Waals surface area contributed by atoms with Gasteiger partial charge < -0.3 is 10.5 Å². The molecule has 1 aromatic rings. The maximum absolute atomic E-state index is 13.6. The Morgan fingerprint density at radius 1 is 1.56 bits per heavy atom. The number of nitrogens with two attached hydrogens (primary N) is 1. The first kappa shape index (κ1) is 12.6. The van der Waals surface area contributed by atoms with Gasteiger partial charge in [-0.3, -0.25) is 4.79 Å². The number of ether oxygens (including phenoxy) is 1. The first-order chi connectivity index (χ1) is 7.42. The third-order valence-electron chi connectivity index (χ3n) is 2.67. The lowest BCUT2D eigenvalue weighted by molar-refractivity contribution is 0.0893. The second-order valence-electron chi connectivity index (χ2n) is 3.95. The molecule has 0 amide bonds. The van der Waals surface area contributed by atoms with Gasteiger partial charge in [0.05, 0.1) is 18.2 Å². The predicted molar refractivity (Wildman–Crippen MR) is 60.2 cm³/mol. The first-order valence-electron chi connectivity index (χ1n) is 5.09. The molecule has 3 nitrogen and oxygen atoms in total. The van der Waals surface area contributed by atoms with E-state index in [1.165, 1.54) is 19.2 Å². The standard InChI is InChI=1S/C12H16FNO2/c1-4-12(2,14)11(15)9-6-5-8(16-3)7-10(9)13/h5-7H,4,14H2,1-3H3. The molecule has 1 rings (SSSR count). The van der Waals surface area contributed by atoms with E-state index in [1.807, 2.05) is 0 Å². The fourth-order valence-corrected chi connectivity index (χ4v) is 1.28. The van der Waals surface area contributed by atoms with Crippen molar-refractivity contribution in [3.63, 3.8) is 0 Å². The SMILES string of the molecule is CCC(C)(N)C(=O)c1ccc(OC)cc1F. The van der Waals surface area contributed by atoms with Crippen LogP contribution in [0.15, 0.2) is 18.2 Å². The molecule has 0 radical (unpaired) electrons. The van der Waals surface area contributed by atoms with Crippen molar-refractivity contribution in [1.82, 2.24) is 0 Å². The summed E-state index contributed by atoms with van der Waals surface area (Å²) >= 11 is 0. The lowest BCUT2D eigenvalue weighted by Gasteiger charge is -2.21. The van der Waals surface area contributed by atoms with Crippen molar-refractivity contribution in [2.75, 3.05) is 7.11 Å². The van der Waals surface area contributed by atoms with Crippen molar-refractivity contribution < 1.29 is 13.9 Å². The molecule has 0 aliphatic rings. The van der Waals surface area contributed by atoms with E-state index >= 15 is 0 Å². The quantitative estimate of drug-likeness (QED) is 0.799. The molecule has 16 heavy (non-hydrogen) atoms. The molecule has 2 N–H and O–H groups in total. The minimum atomic E-state index is -1.03. The lowest BCUT2D eigenvalue weighted by Crippen LogP contribution is -2.44. The van der Waals surface area contributed by atoms with E-state index in [0.717, 1.165) is 0 Å². The molecule has 0 aliphatic carbocycles. The van der Waals surface area contributed by atoms with E-state index in [2.05, 4.69) is 0 Å². The molecule has 1 aromatic carbocycles. The van der Waals surface area contributed by atoms with E-state index in [-0.39, 0.29) is 5.56 Å². The van der Waals surface area contributed by atoms with Crippen molar-refractivity contribution in [2.24, 2.45) is 5.73 Å². The highest BCUT2D eigenvalue weighted by Crippen LogP contribution is 2.21. The third-order valence-corrected chi connectivity index (χ3v) is 2.67. The molecule has 0 aromatic heterocycles. The van der Waals surface area contributed by atoms with Crippen LogP contribution in [0.3, 0.4) is 0 Å². The molecule has 0 saturated carbocycles. The number of benzene rings is 1. The summed E-state index contributed by atoms with van der Waals surface area (Å²) < 4.78 is 18.5. The van der Waals surface area contributed by atoms with Gasteiger partial charge in [-0.2, -0.15) is 0 Å². The Labute approximate surface area is 94.4 Å². The van der Waals surface area contributed by atoms with Gasteiger partial charge in [0, 0.05) is 6.07 Å². The minimum absolute atomic E-state index is 0.00708. The highest BCUT2D eigenvalue weighted by Gasteiger charge is 2.29. The maximum atomic E-state index is 13.6. The summed E-state index contributed by atoms with van der Waals surface area (Å²) in [4.78, 5) is 11.9. The normalized spacial score (nSPS) is 14.3. The number of hydrogen-bond donors (Lipinski definition) is 1. The van der Waals surface area contributed by atoms with Crippen LogP contribution >= 0.6 is 0 Å². The van der Waals surface area contributed by atoms with Gasteiger partial charge in [-0.1, -0.05) is 6.92 Å². The predicted octanol–water partition coefficient (Wildman–Crippen LogP) is 2.14. The van der Waals surface area contributed by atoms with Crippen LogP contribution in [0.2, 0.25) is 0 Å². The van der Waals surface area contributed by atoms with Gasteiger partial charge in [-0.05, 0) is 25.5 Å². The van der Waals surface area contributed by atoms with Crippen molar-refractivity contribution in [3.05, 3.63) is 29.6 Å². The number of hydrogen-bond acceptors (Lipinski definition) is 3. The molecule has 0 bridgehead atoms. The Bertz CT molecular complexity index is 402. The van der Waals surface area contributed by atoms with Crippen LogP contribution in [-0.2, 0) is 0 Å².